The lowest BCUT2D eigenvalue weighted by molar-refractivity contribution is -0.113. The van der Waals surface area contributed by atoms with Gasteiger partial charge in [-0.15, -0.1) is 0 Å². The summed E-state index contributed by atoms with van der Waals surface area (Å²) >= 11 is 12.6. The number of thiocarbonyl (C=S) groups is 1. The van der Waals surface area contributed by atoms with Crippen LogP contribution in [0.2, 0.25) is 0 Å². The maximum absolute atomic E-state index is 12.7. The van der Waals surface area contributed by atoms with Crippen molar-refractivity contribution in [1.29, 1.82) is 0 Å². The average Bonchev–Trinajstić information content (AvgIpc) is 2.88. The molecule has 2 aromatic carbocycles. The normalized spacial score (nSPS) is 16.3. The fraction of sp³-hybridized carbons (Fsp3) is 0. The molecule has 0 bridgehead atoms. The molecule has 0 aliphatic carbocycles. The summed E-state index contributed by atoms with van der Waals surface area (Å²) in [5, 5.41) is 19.2. The second-order valence-electron chi connectivity index (χ2n) is 5.46. The number of anilines is 1. The lowest BCUT2D eigenvalue weighted by Gasteiger charge is -2.15. The third-order valence-electron chi connectivity index (χ3n) is 3.64. The van der Waals surface area contributed by atoms with E-state index < -0.39 is 17.6 Å². The Bertz CT molecular complexity index is 1000. The predicted octanol–water partition coefficient (Wildman–Crippen LogP) is 4.62. The number of carboxylic acid groups (broad SMARTS) is 1. The van der Waals surface area contributed by atoms with E-state index in [1.807, 2.05) is 30.3 Å². The van der Waals surface area contributed by atoms with Crippen molar-refractivity contribution in [3.8, 4) is 5.75 Å². The molecule has 27 heavy (non-hydrogen) atoms. The van der Waals surface area contributed by atoms with Crippen LogP contribution in [-0.2, 0) is 4.79 Å². The first-order valence-corrected chi connectivity index (χ1v) is 9.23. The summed E-state index contributed by atoms with van der Waals surface area (Å²) in [5.41, 5.74) is 0.920. The number of hydrogen-bond donors (Lipinski definition) is 2. The fourth-order valence-electron chi connectivity index (χ4n) is 2.41. The molecule has 1 saturated heterocycles. The monoisotopic (exact) mass is 417 g/mol. The number of amides is 1. The molecule has 0 radical (unpaired) electrons. The number of aromatic carboxylic acids is 1. The molecule has 8 heteroatoms. The van der Waals surface area contributed by atoms with Gasteiger partial charge in [-0.2, -0.15) is 0 Å². The van der Waals surface area contributed by atoms with E-state index in [4.69, 9.17) is 28.9 Å². The average molecular weight is 418 g/mol. The number of rotatable bonds is 4. The molecule has 2 N–H and O–H groups in total. The minimum atomic E-state index is -1.26. The van der Waals surface area contributed by atoms with Crippen LogP contribution < -0.4 is 4.90 Å². The Labute approximate surface area is 169 Å². The third-order valence-corrected chi connectivity index (χ3v) is 5.16. The number of carbonyl (C=O) groups excluding carboxylic acids is 1. The van der Waals surface area contributed by atoms with Crippen molar-refractivity contribution in [3.05, 3.63) is 75.7 Å². The molecule has 5 nitrogen and oxygen atoms in total. The smallest absolute Gasteiger partial charge is 0.339 e. The maximum atomic E-state index is 12.7. The molecule has 2 aromatic rings. The maximum Gasteiger partial charge on any atom is 0.339 e. The van der Waals surface area contributed by atoms with E-state index >= 15 is 0 Å². The van der Waals surface area contributed by atoms with E-state index in [0.717, 1.165) is 17.3 Å². The van der Waals surface area contributed by atoms with E-state index in [1.54, 1.807) is 6.08 Å². The first kappa shape index (κ1) is 19.2. The zero-order chi connectivity index (χ0) is 19.6. The molecule has 1 aliphatic rings. The van der Waals surface area contributed by atoms with Crippen LogP contribution in [0.25, 0.3) is 6.08 Å². The molecule has 1 fully saturated rings. The molecule has 0 atom stereocenters. The Hall–Kier alpha value is -2.61. The van der Waals surface area contributed by atoms with Gasteiger partial charge in [0.2, 0.25) is 0 Å². The Morgan fingerprint density at radius 2 is 1.89 bits per heavy atom. The summed E-state index contributed by atoms with van der Waals surface area (Å²) in [6, 6.07) is 13.2. The van der Waals surface area contributed by atoms with Crippen molar-refractivity contribution in [2.75, 3.05) is 4.90 Å². The first-order valence-electron chi connectivity index (χ1n) is 7.63. The van der Waals surface area contributed by atoms with Gasteiger partial charge in [0.05, 0.1) is 10.6 Å². The Balaban J connectivity index is 1.88. The van der Waals surface area contributed by atoms with Gasteiger partial charge in [0.15, 0.2) is 4.32 Å². The van der Waals surface area contributed by atoms with Gasteiger partial charge in [-0.05, 0) is 29.8 Å². The van der Waals surface area contributed by atoms with Crippen LogP contribution in [-0.4, -0.2) is 26.4 Å². The topological polar surface area (TPSA) is 77.8 Å². The van der Waals surface area contributed by atoms with E-state index in [0.29, 0.717) is 9.94 Å². The lowest BCUT2D eigenvalue weighted by atomic mass is 10.1. The van der Waals surface area contributed by atoms with E-state index in [9.17, 15) is 14.7 Å². The van der Waals surface area contributed by atoms with Gasteiger partial charge in [-0.25, -0.2) is 4.79 Å². The lowest BCUT2D eigenvalue weighted by Crippen LogP contribution is -2.27. The van der Waals surface area contributed by atoms with Crippen molar-refractivity contribution in [3.63, 3.8) is 0 Å². The minimum Gasteiger partial charge on any atom is -0.507 e. The zero-order valence-corrected chi connectivity index (χ0v) is 16.0. The van der Waals surface area contributed by atoms with Gasteiger partial charge >= 0.3 is 5.97 Å². The number of halogens is 1. The number of carbonyl (C=O) groups is 2. The second-order valence-corrected chi connectivity index (χ2v) is 7.58. The number of phenols is 1. The van der Waals surface area contributed by atoms with Crippen LogP contribution >= 0.6 is 35.6 Å². The van der Waals surface area contributed by atoms with Crippen molar-refractivity contribution in [2.45, 2.75) is 0 Å². The summed E-state index contributed by atoms with van der Waals surface area (Å²) in [7, 11) is 0. The molecule has 3 rings (SSSR count). The van der Waals surface area contributed by atoms with Crippen molar-refractivity contribution in [2.24, 2.45) is 0 Å². The highest BCUT2D eigenvalue weighted by Gasteiger charge is 2.34. The van der Waals surface area contributed by atoms with E-state index in [-0.39, 0.29) is 15.6 Å². The van der Waals surface area contributed by atoms with Crippen LogP contribution in [0, 0.1) is 0 Å². The largest absolute Gasteiger partial charge is 0.507 e. The molecule has 136 valence electrons. The molecule has 1 aliphatic heterocycles. The quantitative estimate of drug-likeness (QED) is 0.558. The molecule has 1 heterocycles. The molecule has 1 amide bonds. The van der Waals surface area contributed by atoms with Gasteiger partial charge in [0, 0.05) is 11.1 Å². The number of thioether (sulfide) groups is 1. The van der Waals surface area contributed by atoms with Crippen LogP contribution in [0.3, 0.4) is 0 Å². The number of hydrogen-bond acceptors (Lipinski definition) is 5. The molecule has 0 aromatic heterocycles. The summed E-state index contributed by atoms with van der Waals surface area (Å²) < 4.78 is 0.262. The minimum absolute atomic E-state index is 0.256. The van der Waals surface area contributed by atoms with Gasteiger partial charge in [0.25, 0.3) is 5.91 Å². The van der Waals surface area contributed by atoms with Gasteiger partial charge in [0.1, 0.15) is 11.3 Å². The number of aromatic hydroxyl groups is 1. The predicted molar refractivity (Wildman–Crippen MR) is 111 cm³/mol. The summed E-state index contributed by atoms with van der Waals surface area (Å²) in [4.78, 5) is 25.3. The Morgan fingerprint density at radius 3 is 2.52 bits per heavy atom. The van der Waals surface area contributed by atoms with E-state index in [2.05, 4.69) is 0 Å². The van der Waals surface area contributed by atoms with Crippen LogP contribution in [0.5, 0.6) is 5.75 Å². The van der Waals surface area contributed by atoms with Crippen molar-refractivity contribution >= 4 is 63.5 Å². The van der Waals surface area contributed by atoms with Gasteiger partial charge in [-0.3, -0.25) is 9.69 Å². The second kappa shape index (κ2) is 7.96. The Morgan fingerprint density at radius 1 is 1.19 bits per heavy atom. The number of allylic oxidation sites excluding steroid dienone is 2. The highest BCUT2D eigenvalue weighted by molar-refractivity contribution is 8.27. The standard InChI is InChI=1S/C19H12ClNO4S2/c20-12(8-11-4-2-1-3-5-11)9-16-17(23)21(19(26)27-16)13-6-7-14(18(24)25)15(22)10-13/h1-10,22H,(H,24,25). The number of nitrogens with zero attached hydrogens (tertiary/aromatic N) is 1. The molecular weight excluding hydrogens is 406 g/mol. The molecule has 0 unspecified atom stereocenters. The summed E-state index contributed by atoms with van der Waals surface area (Å²) in [5.74, 6) is -2.10. The molecular formula is C19H12ClNO4S2. The highest BCUT2D eigenvalue weighted by Crippen LogP contribution is 2.37. The summed E-state index contributed by atoms with van der Waals surface area (Å²) in [6.07, 6.45) is 3.25. The fourth-order valence-corrected chi connectivity index (χ4v) is 4.00. The van der Waals surface area contributed by atoms with Crippen LogP contribution in [0.1, 0.15) is 15.9 Å². The zero-order valence-electron chi connectivity index (χ0n) is 13.6. The molecule has 0 saturated carbocycles. The Kier molecular flexibility index (Phi) is 5.65. The van der Waals surface area contributed by atoms with Gasteiger partial charge in [-0.1, -0.05) is 65.9 Å². The van der Waals surface area contributed by atoms with Crippen molar-refractivity contribution < 1.29 is 19.8 Å². The highest BCUT2D eigenvalue weighted by atomic mass is 35.5. The van der Waals surface area contributed by atoms with E-state index in [1.165, 1.54) is 29.2 Å². The van der Waals surface area contributed by atoms with Crippen LogP contribution in [0.15, 0.2) is 64.5 Å². The first-order chi connectivity index (χ1) is 12.9. The van der Waals surface area contributed by atoms with Gasteiger partial charge < -0.3 is 10.2 Å². The number of benzene rings is 2. The SMILES string of the molecule is O=C(O)c1ccc(N2C(=O)C(=CC(Cl)=Cc3ccccc3)SC2=S)cc1O. The third kappa shape index (κ3) is 4.21. The van der Waals surface area contributed by atoms with Crippen molar-refractivity contribution in [1.82, 2.24) is 0 Å². The summed E-state index contributed by atoms with van der Waals surface area (Å²) in [6.45, 7) is 0. The van der Waals surface area contributed by atoms with Crippen LogP contribution in [0.4, 0.5) is 5.69 Å². The molecule has 0 spiro atoms. The number of carboxylic acids is 1.